The summed E-state index contributed by atoms with van der Waals surface area (Å²) in [6.07, 6.45) is 7.30. The van der Waals surface area contributed by atoms with Crippen LogP contribution in [-0.4, -0.2) is 49.0 Å². The van der Waals surface area contributed by atoms with Gasteiger partial charge in [-0.1, -0.05) is 69.2 Å². The molecule has 0 saturated carbocycles. The predicted molar refractivity (Wildman–Crippen MR) is 161 cm³/mol. The third kappa shape index (κ3) is 5.09. The molecule has 1 spiro atoms. The molecule has 8 heteroatoms. The summed E-state index contributed by atoms with van der Waals surface area (Å²) < 4.78 is 33.1. The van der Waals surface area contributed by atoms with Gasteiger partial charge in [0.15, 0.2) is 20.0 Å². The number of benzene rings is 1. The van der Waals surface area contributed by atoms with Crippen LogP contribution in [0.15, 0.2) is 54.1 Å². The second kappa shape index (κ2) is 11.4. The van der Waals surface area contributed by atoms with Crippen LogP contribution in [0.25, 0.3) is 0 Å². The van der Waals surface area contributed by atoms with E-state index >= 15 is 0 Å². The van der Waals surface area contributed by atoms with E-state index in [1.807, 2.05) is 50.3 Å². The van der Waals surface area contributed by atoms with Gasteiger partial charge in [0.05, 0.1) is 6.61 Å². The third-order valence-corrected chi connectivity index (χ3v) is 14.6. The highest BCUT2D eigenvalue weighted by Gasteiger charge is 2.71. The summed E-state index contributed by atoms with van der Waals surface area (Å²) >= 11 is 0. The first kappa shape index (κ1) is 30.7. The molecule has 3 aliphatic heterocycles. The minimum absolute atomic E-state index is 0.209. The zero-order chi connectivity index (χ0) is 30.2. The Kier molecular flexibility index (Phi) is 8.36. The molecule has 3 heterocycles. The van der Waals surface area contributed by atoms with Gasteiger partial charge in [-0.3, -0.25) is 0 Å². The minimum atomic E-state index is -2.29. The quantitative estimate of drug-likeness (QED) is 0.108. The molecule has 2 saturated heterocycles. The molecule has 2 fully saturated rings. The van der Waals surface area contributed by atoms with Crippen LogP contribution in [0.2, 0.25) is 18.1 Å². The van der Waals surface area contributed by atoms with Crippen molar-refractivity contribution >= 4 is 20.3 Å². The van der Waals surface area contributed by atoms with E-state index in [1.165, 1.54) is 0 Å². The van der Waals surface area contributed by atoms with Crippen LogP contribution >= 0.6 is 0 Å². The molecule has 4 aliphatic rings. The highest BCUT2D eigenvalue weighted by molar-refractivity contribution is 6.73. The van der Waals surface area contributed by atoms with Crippen molar-refractivity contribution in [2.45, 2.75) is 121 Å². The average molecular weight is 593 g/mol. The molecule has 1 aromatic rings. The fourth-order valence-electron chi connectivity index (χ4n) is 7.55. The van der Waals surface area contributed by atoms with Crippen molar-refractivity contribution in [1.29, 1.82) is 0 Å². The Hall–Kier alpha value is -2.70. The summed E-state index contributed by atoms with van der Waals surface area (Å²) in [4.78, 5) is 27.0. The molecule has 7 nitrogen and oxygen atoms in total. The van der Waals surface area contributed by atoms with Crippen molar-refractivity contribution in [3.63, 3.8) is 0 Å². The number of allylic oxidation sites excluding steroid dienone is 2. The van der Waals surface area contributed by atoms with Gasteiger partial charge >= 0.3 is 11.9 Å². The number of esters is 2. The molecule has 0 aromatic heterocycles. The Morgan fingerprint density at radius 2 is 1.83 bits per heavy atom. The minimum Gasteiger partial charge on any atom is -0.457 e. The van der Waals surface area contributed by atoms with E-state index in [-0.39, 0.29) is 18.3 Å². The topological polar surface area (TPSA) is 80.3 Å². The van der Waals surface area contributed by atoms with Crippen molar-refractivity contribution in [1.82, 2.24) is 0 Å². The maximum atomic E-state index is 14.1. The van der Waals surface area contributed by atoms with Crippen molar-refractivity contribution in [3.8, 4) is 11.8 Å². The number of ether oxygens (including phenoxy) is 4. The molecule has 5 rings (SSSR count). The van der Waals surface area contributed by atoms with E-state index in [9.17, 15) is 9.59 Å². The van der Waals surface area contributed by atoms with E-state index in [4.69, 9.17) is 23.4 Å². The largest absolute Gasteiger partial charge is 0.457 e. The fourth-order valence-corrected chi connectivity index (χ4v) is 10.6. The summed E-state index contributed by atoms with van der Waals surface area (Å²) in [5.74, 6) is 2.38. The number of cyclic esters (lactones) is 1. The van der Waals surface area contributed by atoms with Gasteiger partial charge in [-0.15, -0.1) is 0 Å². The molecule has 0 unspecified atom stereocenters. The highest BCUT2D eigenvalue weighted by Crippen LogP contribution is 2.60. The molecule has 226 valence electrons. The fraction of sp³-hybridized carbons (Fsp3) is 0.588. The predicted octanol–water partition coefficient (Wildman–Crippen LogP) is 6.39. The SMILES string of the molecule is CC#CC(=O)O[C@]12C=CCC[C@@]3(C[C@]4(O[Si](CC)(CC)CC)C(=O)OC(C)(C)[C@@H]4CC=C3[C@@H]1OCc1ccccc1)O2. The van der Waals surface area contributed by atoms with E-state index < -0.39 is 43.0 Å². The second-order valence-electron chi connectivity index (χ2n) is 12.6. The molecule has 1 aromatic carbocycles. The third-order valence-electron chi connectivity index (χ3n) is 9.89. The maximum Gasteiger partial charge on any atom is 0.387 e. The molecule has 0 radical (unpaired) electrons. The number of fused-ring (bicyclic) bond motifs is 2. The molecule has 5 atom stereocenters. The van der Waals surface area contributed by atoms with Crippen LogP contribution in [0.3, 0.4) is 0 Å². The van der Waals surface area contributed by atoms with Gasteiger partial charge < -0.3 is 23.4 Å². The zero-order valence-electron chi connectivity index (χ0n) is 25.8. The molecular formula is C34H44O7Si. The van der Waals surface area contributed by atoms with Crippen LogP contribution in [0.1, 0.15) is 72.8 Å². The Labute approximate surface area is 251 Å². The van der Waals surface area contributed by atoms with Gasteiger partial charge in [-0.05, 0) is 75.4 Å². The van der Waals surface area contributed by atoms with Gasteiger partial charge in [0, 0.05) is 18.3 Å². The van der Waals surface area contributed by atoms with Gasteiger partial charge in [-0.2, -0.15) is 0 Å². The molecule has 2 bridgehead atoms. The maximum absolute atomic E-state index is 14.1. The first-order valence-electron chi connectivity index (χ1n) is 15.4. The molecule has 0 amide bonds. The van der Waals surface area contributed by atoms with Crippen LogP contribution < -0.4 is 0 Å². The Bertz CT molecular complexity index is 1310. The van der Waals surface area contributed by atoms with E-state index in [0.717, 1.165) is 29.3 Å². The number of hydrogen-bond donors (Lipinski definition) is 0. The zero-order valence-corrected chi connectivity index (χ0v) is 26.8. The molecule has 42 heavy (non-hydrogen) atoms. The lowest BCUT2D eigenvalue weighted by Gasteiger charge is -2.45. The summed E-state index contributed by atoms with van der Waals surface area (Å²) in [7, 11) is -2.29. The molecular weight excluding hydrogens is 548 g/mol. The van der Waals surface area contributed by atoms with E-state index in [1.54, 1.807) is 13.0 Å². The summed E-state index contributed by atoms with van der Waals surface area (Å²) in [5, 5.41) is 0. The summed E-state index contributed by atoms with van der Waals surface area (Å²) in [5.41, 5.74) is -0.979. The number of hydrogen-bond acceptors (Lipinski definition) is 7. The van der Waals surface area contributed by atoms with Crippen LogP contribution in [0.4, 0.5) is 0 Å². The van der Waals surface area contributed by atoms with Crippen LogP contribution in [0, 0.1) is 17.8 Å². The van der Waals surface area contributed by atoms with Gasteiger partial charge in [0.25, 0.3) is 5.79 Å². The lowest BCUT2D eigenvalue weighted by Crippen LogP contribution is -2.57. The Morgan fingerprint density at radius 3 is 2.50 bits per heavy atom. The first-order valence-corrected chi connectivity index (χ1v) is 17.9. The molecule has 1 aliphatic carbocycles. The average Bonchev–Trinajstić information content (AvgIpc) is 3.12. The van der Waals surface area contributed by atoms with Gasteiger partial charge in [-0.25, -0.2) is 9.59 Å². The van der Waals surface area contributed by atoms with Crippen LogP contribution in [0.5, 0.6) is 0 Å². The van der Waals surface area contributed by atoms with Crippen molar-refractivity contribution in [3.05, 3.63) is 59.7 Å². The van der Waals surface area contributed by atoms with E-state index in [2.05, 4.69) is 38.7 Å². The summed E-state index contributed by atoms with van der Waals surface area (Å²) in [6, 6.07) is 12.6. The van der Waals surface area contributed by atoms with Gasteiger partial charge in [0.2, 0.25) is 0 Å². The van der Waals surface area contributed by atoms with Gasteiger partial charge in [0.1, 0.15) is 11.2 Å². The smallest absolute Gasteiger partial charge is 0.387 e. The number of rotatable bonds is 9. The normalized spacial score (nSPS) is 32.8. The lowest BCUT2D eigenvalue weighted by atomic mass is 9.72. The van der Waals surface area contributed by atoms with Crippen molar-refractivity contribution < 1.29 is 33.0 Å². The standard InChI is InChI=1S/C34H44O7Si/c1-7-16-28(35)38-34-22-15-14-21-32(40-34)24-33(41-42(8-2,9-3)10-4)27(31(5,6)39-30(33)36)20-19-26(32)29(34)37-23-25-17-12-11-13-18-25/h11-13,15,17-19,22,27,29H,8-10,14,20-21,23-24H2,1-6H3/t27-,29-,32-,33+,34-/m0/s1. The first-order chi connectivity index (χ1) is 20.0. The van der Waals surface area contributed by atoms with E-state index in [0.29, 0.717) is 25.9 Å². The Balaban J connectivity index is 1.64. The second-order valence-corrected chi connectivity index (χ2v) is 17.2. The highest BCUT2D eigenvalue weighted by atomic mass is 28.4. The van der Waals surface area contributed by atoms with Crippen molar-refractivity contribution in [2.24, 2.45) is 5.92 Å². The van der Waals surface area contributed by atoms with Crippen molar-refractivity contribution in [2.75, 3.05) is 0 Å². The molecule has 0 N–H and O–H groups in total. The van der Waals surface area contributed by atoms with Crippen LogP contribution in [-0.2, 0) is 39.6 Å². The monoisotopic (exact) mass is 592 g/mol. The Morgan fingerprint density at radius 1 is 1.12 bits per heavy atom. The lowest BCUT2D eigenvalue weighted by molar-refractivity contribution is -0.247. The number of carbonyl (C=O) groups excluding carboxylic acids is 2. The number of carbonyl (C=O) groups is 2. The summed E-state index contributed by atoms with van der Waals surface area (Å²) in [6.45, 7) is 12.4.